The third-order valence-corrected chi connectivity index (χ3v) is 10.3. The second-order valence-electron chi connectivity index (χ2n) is 15.0. The molecule has 0 saturated carbocycles. The van der Waals surface area contributed by atoms with Crippen LogP contribution in [0.1, 0.15) is 59.1 Å². The second kappa shape index (κ2) is 28.2. The van der Waals surface area contributed by atoms with Gasteiger partial charge in [-0.25, -0.2) is 4.79 Å². The molecule has 16 nitrogen and oxygen atoms in total. The van der Waals surface area contributed by atoms with E-state index < -0.39 is 18.6 Å². The van der Waals surface area contributed by atoms with Crippen molar-refractivity contribution in [2.24, 2.45) is 0 Å². The molecule has 4 amide bonds. The number of esters is 1. The largest absolute Gasteiger partial charge is 0.480 e. The van der Waals surface area contributed by atoms with Crippen molar-refractivity contribution < 1.29 is 43.3 Å². The van der Waals surface area contributed by atoms with E-state index in [0.29, 0.717) is 56.6 Å². The highest BCUT2D eigenvalue weighted by atomic mass is 16.5. The van der Waals surface area contributed by atoms with Crippen molar-refractivity contribution in [2.75, 3.05) is 58.9 Å². The second-order valence-corrected chi connectivity index (χ2v) is 15.0. The predicted molar refractivity (Wildman–Crippen MR) is 239 cm³/mol. The summed E-state index contributed by atoms with van der Waals surface area (Å²) >= 11 is 0. The number of amides is 4. The Bertz CT molecular complexity index is 2210. The number of carbonyl (C=O) groups is 6. The minimum atomic E-state index is -1.10. The molecule has 2 heterocycles. The molecule has 0 atom stereocenters. The molecule has 65 heavy (non-hydrogen) atoms. The van der Waals surface area contributed by atoms with Crippen LogP contribution in [0.4, 0.5) is 4.79 Å². The van der Waals surface area contributed by atoms with Gasteiger partial charge in [0.25, 0.3) is 0 Å². The van der Waals surface area contributed by atoms with Gasteiger partial charge in [-0.2, -0.15) is 10.5 Å². The fourth-order valence-corrected chi connectivity index (χ4v) is 6.53. The van der Waals surface area contributed by atoms with Crippen LogP contribution in [-0.4, -0.2) is 114 Å². The van der Waals surface area contributed by atoms with Crippen molar-refractivity contribution in [1.29, 1.82) is 10.5 Å². The molecule has 2 fully saturated rings. The molecule has 0 aromatic heterocycles. The summed E-state index contributed by atoms with van der Waals surface area (Å²) in [6, 6.07) is 37.4. The number of carboxylic acids is 1. The molecular weight excluding hydrogens is 831 g/mol. The quantitative estimate of drug-likeness (QED) is 0.139. The van der Waals surface area contributed by atoms with Gasteiger partial charge in [-0.05, 0) is 59.4 Å². The maximum absolute atomic E-state index is 12.5. The minimum Gasteiger partial charge on any atom is -0.480 e. The van der Waals surface area contributed by atoms with Crippen LogP contribution in [0.15, 0.2) is 109 Å². The van der Waals surface area contributed by atoms with Gasteiger partial charge < -0.3 is 39.9 Å². The number of carbonyl (C=O) groups excluding carboxylic acids is 5. The summed E-state index contributed by atoms with van der Waals surface area (Å²) in [7, 11) is 0. The first-order valence-electron chi connectivity index (χ1n) is 21.4. The number of piperazine rings is 2. The normalized spacial score (nSPS) is 12.9. The molecule has 340 valence electrons. The monoisotopic (exact) mass is 885 g/mol. The van der Waals surface area contributed by atoms with Gasteiger partial charge in [-0.3, -0.25) is 24.0 Å². The van der Waals surface area contributed by atoms with Crippen molar-refractivity contribution in [1.82, 2.24) is 25.3 Å². The lowest BCUT2D eigenvalue weighted by Crippen LogP contribution is -2.50. The molecule has 6 rings (SSSR count). The molecule has 2 saturated heterocycles. The Morgan fingerprint density at radius 1 is 0.538 bits per heavy atom. The first-order chi connectivity index (χ1) is 31.5. The standard InChI is InChI=1S/C25H27N3O4.C14H17N3O.C10H11NO4/c26-18-21-8-6-20(7-9-21)10-11-23(29)27-14-16-28(17-15-27)24(30)12-13-25(31)32-19-22-4-2-1-3-5-22;15-11-13-3-1-12(2-4-13)5-6-14(18)17-9-7-16-8-10-17;12-9(13)6-11-10(14)15-7-8-4-2-1-3-5-8/h1-9H,10-17,19H2;1-4,16H,5-10H2;1-5H,6-7H2,(H,11,14)(H,12,13). The van der Waals surface area contributed by atoms with E-state index in [1.807, 2.05) is 89.8 Å². The lowest BCUT2D eigenvalue weighted by atomic mass is 10.1. The first kappa shape index (κ1) is 50.1. The number of benzene rings is 4. The fraction of sp³-hybridized carbons (Fsp3) is 0.347. The zero-order valence-electron chi connectivity index (χ0n) is 36.4. The summed E-state index contributed by atoms with van der Waals surface area (Å²) < 4.78 is 9.98. The van der Waals surface area contributed by atoms with Crippen molar-refractivity contribution in [2.45, 2.75) is 51.7 Å². The number of rotatable bonds is 15. The summed E-state index contributed by atoms with van der Waals surface area (Å²) in [4.78, 5) is 75.2. The molecule has 4 aromatic rings. The van der Waals surface area contributed by atoms with E-state index in [1.54, 1.807) is 34.1 Å². The third kappa shape index (κ3) is 19.6. The zero-order valence-corrected chi connectivity index (χ0v) is 36.4. The highest BCUT2D eigenvalue weighted by Gasteiger charge is 2.24. The highest BCUT2D eigenvalue weighted by Crippen LogP contribution is 2.12. The number of aryl methyl sites for hydroxylation is 2. The lowest BCUT2D eigenvalue weighted by Gasteiger charge is -2.35. The van der Waals surface area contributed by atoms with Crippen LogP contribution in [0.5, 0.6) is 0 Å². The number of hydrogen-bond acceptors (Lipinski definition) is 11. The van der Waals surface area contributed by atoms with Crippen molar-refractivity contribution in [3.63, 3.8) is 0 Å². The van der Waals surface area contributed by atoms with Gasteiger partial charge in [0.05, 0.1) is 29.7 Å². The molecule has 0 radical (unpaired) electrons. The molecular formula is C49H55N7O9. The van der Waals surface area contributed by atoms with Gasteiger partial charge >= 0.3 is 18.0 Å². The number of ether oxygens (including phenoxy) is 2. The van der Waals surface area contributed by atoms with E-state index in [2.05, 4.69) is 22.8 Å². The Morgan fingerprint density at radius 3 is 1.38 bits per heavy atom. The molecule has 0 aliphatic carbocycles. The van der Waals surface area contributed by atoms with Gasteiger partial charge in [0.1, 0.15) is 19.8 Å². The Kier molecular flexibility index (Phi) is 21.7. The summed E-state index contributed by atoms with van der Waals surface area (Å²) in [5.74, 6) is -1.30. The smallest absolute Gasteiger partial charge is 0.407 e. The Balaban J connectivity index is 0.000000236. The molecule has 16 heteroatoms. The maximum Gasteiger partial charge on any atom is 0.407 e. The van der Waals surface area contributed by atoms with Gasteiger partial charge in [0, 0.05) is 71.6 Å². The van der Waals surface area contributed by atoms with E-state index in [0.717, 1.165) is 54.9 Å². The summed E-state index contributed by atoms with van der Waals surface area (Å²) in [5, 5.41) is 31.1. The number of nitriles is 2. The number of nitrogens with one attached hydrogen (secondary N) is 2. The molecule has 0 bridgehead atoms. The maximum atomic E-state index is 12.5. The van der Waals surface area contributed by atoms with Gasteiger partial charge in [0.2, 0.25) is 17.7 Å². The molecule has 3 N–H and O–H groups in total. The SMILES string of the molecule is N#Cc1ccc(CCC(=O)N2CCN(C(=O)CCC(=O)OCc3ccccc3)CC2)cc1.N#Cc1ccc(CCC(=O)N2CCNCC2)cc1.O=C(O)CNC(=O)OCc1ccccc1. The van der Waals surface area contributed by atoms with Gasteiger partial charge in [-0.15, -0.1) is 0 Å². The number of nitrogens with zero attached hydrogens (tertiary/aromatic N) is 5. The zero-order chi connectivity index (χ0) is 46.7. The van der Waals surface area contributed by atoms with E-state index in [1.165, 1.54) is 0 Å². The molecule has 0 unspecified atom stereocenters. The average molecular weight is 886 g/mol. The Labute approximate surface area is 379 Å². The van der Waals surface area contributed by atoms with E-state index in [9.17, 15) is 28.8 Å². The van der Waals surface area contributed by atoms with Crippen LogP contribution >= 0.6 is 0 Å². The topological polar surface area (TPSA) is 222 Å². The first-order valence-corrected chi connectivity index (χ1v) is 21.4. The summed E-state index contributed by atoms with van der Waals surface area (Å²) in [6.07, 6.45) is 1.74. The molecule has 0 spiro atoms. The Hall–Kier alpha value is -7.56. The van der Waals surface area contributed by atoms with E-state index in [-0.39, 0.29) is 49.7 Å². The third-order valence-electron chi connectivity index (χ3n) is 10.3. The number of aliphatic carboxylic acids is 1. The van der Waals surface area contributed by atoms with Crippen LogP contribution in [0.25, 0.3) is 0 Å². The highest BCUT2D eigenvalue weighted by molar-refractivity contribution is 5.82. The predicted octanol–water partition coefficient (Wildman–Crippen LogP) is 4.61. The van der Waals surface area contributed by atoms with E-state index >= 15 is 0 Å². The van der Waals surface area contributed by atoms with Crippen LogP contribution in [0, 0.1) is 22.7 Å². The molecule has 2 aliphatic rings. The van der Waals surface area contributed by atoms with Crippen LogP contribution in [0.3, 0.4) is 0 Å². The van der Waals surface area contributed by atoms with Crippen LogP contribution < -0.4 is 10.6 Å². The van der Waals surface area contributed by atoms with Crippen molar-refractivity contribution in [3.8, 4) is 12.1 Å². The fourth-order valence-electron chi connectivity index (χ4n) is 6.53. The summed E-state index contributed by atoms with van der Waals surface area (Å²) in [5.41, 5.74) is 5.15. The van der Waals surface area contributed by atoms with E-state index in [4.69, 9.17) is 25.1 Å². The summed E-state index contributed by atoms with van der Waals surface area (Å²) in [6.45, 7) is 5.24. The molecule has 4 aromatic carbocycles. The van der Waals surface area contributed by atoms with Crippen molar-refractivity contribution >= 4 is 35.8 Å². The Morgan fingerprint density at radius 2 is 0.954 bits per heavy atom. The number of carboxylic acid groups (broad SMARTS) is 1. The lowest BCUT2D eigenvalue weighted by molar-refractivity contribution is -0.147. The average Bonchev–Trinajstić information content (AvgIpc) is 3.36. The number of alkyl carbamates (subject to hydrolysis) is 1. The molecule has 2 aliphatic heterocycles. The van der Waals surface area contributed by atoms with Gasteiger partial charge in [0.15, 0.2) is 0 Å². The van der Waals surface area contributed by atoms with Crippen LogP contribution in [-0.2, 0) is 59.5 Å². The minimum absolute atomic E-state index is 0.0510. The van der Waals surface area contributed by atoms with Crippen LogP contribution in [0.2, 0.25) is 0 Å². The van der Waals surface area contributed by atoms with Gasteiger partial charge in [-0.1, -0.05) is 84.9 Å². The number of hydrogen-bond donors (Lipinski definition) is 3. The van der Waals surface area contributed by atoms with Crippen molar-refractivity contribution in [3.05, 3.63) is 143 Å².